The van der Waals surface area contributed by atoms with Crippen LogP contribution in [-0.2, 0) is 4.79 Å². The maximum absolute atomic E-state index is 11.6. The summed E-state index contributed by atoms with van der Waals surface area (Å²) < 4.78 is 0. The van der Waals surface area contributed by atoms with Crippen molar-refractivity contribution in [2.75, 3.05) is 13.1 Å². The summed E-state index contributed by atoms with van der Waals surface area (Å²) in [4.78, 5) is 11.6. The summed E-state index contributed by atoms with van der Waals surface area (Å²) >= 11 is 0. The van der Waals surface area contributed by atoms with E-state index in [1.807, 2.05) is 6.07 Å². The lowest BCUT2D eigenvalue weighted by Gasteiger charge is -2.42. The number of hydrogen-bond donors (Lipinski definition) is 2. The number of rotatable bonds is 1. The summed E-state index contributed by atoms with van der Waals surface area (Å²) in [5.41, 5.74) is 1.31. The van der Waals surface area contributed by atoms with Crippen molar-refractivity contribution < 1.29 is 4.79 Å². The lowest BCUT2D eigenvalue weighted by atomic mass is 9.74. The third-order valence-corrected chi connectivity index (χ3v) is 4.11. The fourth-order valence-electron chi connectivity index (χ4n) is 3.26. The van der Waals surface area contributed by atoms with Gasteiger partial charge >= 0.3 is 0 Å². The van der Waals surface area contributed by atoms with Crippen molar-refractivity contribution in [2.24, 2.45) is 0 Å². The van der Waals surface area contributed by atoms with Crippen LogP contribution in [0.1, 0.15) is 30.7 Å². The third-order valence-electron chi connectivity index (χ3n) is 4.11. The lowest BCUT2D eigenvalue weighted by Crippen LogP contribution is -2.57. The Labute approximate surface area is 102 Å². The van der Waals surface area contributed by atoms with E-state index in [9.17, 15) is 4.79 Å². The van der Waals surface area contributed by atoms with Gasteiger partial charge in [0.2, 0.25) is 5.91 Å². The monoisotopic (exact) mass is 230 g/mol. The second kappa shape index (κ2) is 4.15. The van der Waals surface area contributed by atoms with Crippen LogP contribution in [0.25, 0.3) is 0 Å². The first-order valence-corrected chi connectivity index (χ1v) is 6.37. The van der Waals surface area contributed by atoms with Crippen molar-refractivity contribution in [2.45, 2.75) is 30.7 Å². The quantitative estimate of drug-likeness (QED) is 0.766. The van der Waals surface area contributed by atoms with E-state index in [-0.39, 0.29) is 11.4 Å². The molecule has 2 unspecified atom stereocenters. The number of benzene rings is 1. The zero-order valence-electron chi connectivity index (χ0n) is 9.91. The number of piperidine rings is 1. The Balaban J connectivity index is 1.93. The minimum absolute atomic E-state index is 0.0450. The molecule has 0 saturated carbocycles. The third kappa shape index (κ3) is 1.84. The van der Waals surface area contributed by atoms with Gasteiger partial charge in [-0.25, -0.2) is 0 Å². The highest BCUT2D eigenvalue weighted by Gasteiger charge is 2.46. The molecular weight excluding hydrogens is 212 g/mol. The Hall–Kier alpha value is -1.35. The number of carbonyl (C=O) groups is 1. The van der Waals surface area contributed by atoms with Crippen LogP contribution in [0.2, 0.25) is 0 Å². The fraction of sp³-hybridized carbons (Fsp3) is 0.500. The van der Waals surface area contributed by atoms with Gasteiger partial charge in [-0.1, -0.05) is 30.3 Å². The van der Waals surface area contributed by atoms with E-state index in [4.69, 9.17) is 0 Å². The van der Waals surface area contributed by atoms with Crippen LogP contribution < -0.4 is 10.6 Å². The molecule has 0 bridgehead atoms. The van der Waals surface area contributed by atoms with Gasteiger partial charge in [0.05, 0.1) is 5.54 Å². The smallest absolute Gasteiger partial charge is 0.220 e. The van der Waals surface area contributed by atoms with Gasteiger partial charge in [0.25, 0.3) is 0 Å². The Bertz CT molecular complexity index is 417. The van der Waals surface area contributed by atoms with Crippen molar-refractivity contribution in [1.82, 2.24) is 10.6 Å². The molecule has 3 heteroatoms. The molecule has 2 N–H and O–H groups in total. The summed E-state index contributed by atoms with van der Waals surface area (Å²) in [6, 6.07) is 10.6. The van der Waals surface area contributed by atoms with Gasteiger partial charge in [-0.05, 0) is 24.9 Å². The highest BCUT2D eigenvalue weighted by molar-refractivity contribution is 5.79. The SMILES string of the molecule is O=C1CCC2(CNCCC2c2ccccc2)N1. The largest absolute Gasteiger partial charge is 0.349 e. The van der Waals surface area contributed by atoms with Crippen molar-refractivity contribution in [1.29, 1.82) is 0 Å². The van der Waals surface area contributed by atoms with E-state index >= 15 is 0 Å². The second-order valence-electron chi connectivity index (χ2n) is 5.13. The van der Waals surface area contributed by atoms with Gasteiger partial charge in [-0.3, -0.25) is 4.79 Å². The summed E-state index contributed by atoms with van der Waals surface area (Å²) in [5.74, 6) is 0.658. The van der Waals surface area contributed by atoms with Crippen LogP contribution in [-0.4, -0.2) is 24.5 Å². The molecule has 1 aromatic carbocycles. The van der Waals surface area contributed by atoms with Gasteiger partial charge in [0, 0.05) is 18.9 Å². The van der Waals surface area contributed by atoms with Crippen molar-refractivity contribution in [3.05, 3.63) is 35.9 Å². The molecule has 3 rings (SSSR count). The number of hydrogen-bond acceptors (Lipinski definition) is 2. The molecule has 0 radical (unpaired) electrons. The number of carbonyl (C=O) groups excluding carboxylic acids is 1. The molecule has 0 aliphatic carbocycles. The Morgan fingerprint density at radius 2 is 2.06 bits per heavy atom. The molecule has 1 spiro atoms. The number of amides is 1. The molecule has 3 nitrogen and oxygen atoms in total. The molecule has 2 atom stereocenters. The normalized spacial score (nSPS) is 32.7. The highest BCUT2D eigenvalue weighted by atomic mass is 16.2. The molecule has 2 aliphatic rings. The first-order chi connectivity index (χ1) is 8.30. The molecule has 17 heavy (non-hydrogen) atoms. The predicted molar refractivity (Wildman–Crippen MR) is 66.8 cm³/mol. The summed E-state index contributed by atoms with van der Waals surface area (Å²) in [7, 11) is 0. The van der Waals surface area contributed by atoms with Gasteiger partial charge < -0.3 is 10.6 Å². The Morgan fingerprint density at radius 3 is 2.76 bits per heavy atom. The lowest BCUT2D eigenvalue weighted by molar-refractivity contribution is -0.120. The van der Waals surface area contributed by atoms with Gasteiger partial charge in [0.1, 0.15) is 0 Å². The van der Waals surface area contributed by atoms with Crippen LogP contribution >= 0.6 is 0 Å². The summed E-state index contributed by atoms with van der Waals surface area (Å²) in [5, 5.41) is 6.64. The van der Waals surface area contributed by atoms with Crippen molar-refractivity contribution >= 4 is 5.91 Å². The maximum Gasteiger partial charge on any atom is 0.220 e. The van der Waals surface area contributed by atoms with Gasteiger partial charge in [0.15, 0.2) is 0 Å². The first-order valence-electron chi connectivity index (χ1n) is 6.37. The van der Waals surface area contributed by atoms with E-state index < -0.39 is 0 Å². The molecule has 2 heterocycles. The van der Waals surface area contributed by atoms with Crippen LogP contribution in [0.5, 0.6) is 0 Å². The van der Waals surface area contributed by atoms with E-state index in [1.165, 1.54) is 5.56 Å². The number of nitrogens with one attached hydrogen (secondary N) is 2. The standard InChI is InChI=1S/C14H18N2O/c17-13-6-8-14(16-13)10-15-9-7-12(14)11-4-2-1-3-5-11/h1-5,12,15H,6-10H2,(H,16,17). The predicted octanol–water partition coefficient (Wildman–Crippen LogP) is 1.41. The van der Waals surface area contributed by atoms with Crippen LogP contribution in [0, 0.1) is 0 Å². The highest BCUT2D eigenvalue weighted by Crippen LogP contribution is 2.39. The topological polar surface area (TPSA) is 41.1 Å². The van der Waals surface area contributed by atoms with Crippen LogP contribution in [0.4, 0.5) is 0 Å². The second-order valence-corrected chi connectivity index (χ2v) is 5.13. The average molecular weight is 230 g/mol. The van der Waals surface area contributed by atoms with Crippen LogP contribution in [0.15, 0.2) is 30.3 Å². The van der Waals surface area contributed by atoms with Crippen molar-refractivity contribution in [3.8, 4) is 0 Å². The average Bonchev–Trinajstić information content (AvgIpc) is 2.73. The Kier molecular flexibility index (Phi) is 2.63. The molecule has 1 aromatic rings. The molecule has 2 fully saturated rings. The van der Waals surface area contributed by atoms with Crippen molar-refractivity contribution in [3.63, 3.8) is 0 Å². The van der Waals surface area contributed by atoms with Gasteiger partial charge in [-0.2, -0.15) is 0 Å². The minimum Gasteiger partial charge on any atom is -0.349 e. The van der Waals surface area contributed by atoms with E-state index in [2.05, 4.69) is 34.9 Å². The van der Waals surface area contributed by atoms with E-state index in [0.29, 0.717) is 12.3 Å². The maximum atomic E-state index is 11.6. The first kappa shape index (κ1) is 10.8. The minimum atomic E-state index is -0.0450. The molecule has 2 saturated heterocycles. The zero-order valence-corrected chi connectivity index (χ0v) is 9.91. The summed E-state index contributed by atoms with van der Waals surface area (Å²) in [6.07, 6.45) is 2.73. The Morgan fingerprint density at radius 1 is 1.24 bits per heavy atom. The molecular formula is C14H18N2O. The van der Waals surface area contributed by atoms with Crippen LogP contribution in [0.3, 0.4) is 0 Å². The van der Waals surface area contributed by atoms with E-state index in [1.54, 1.807) is 0 Å². The fourth-order valence-corrected chi connectivity index (χ4v) is 3.26. The molecule has 90 valence electrons. The van der Waals surface area contributed by atoms with E-state index in [0.717, 1.165) is 25.9 Å². The van der Waals surface area contributed by atoms with Gasteiger partial charge in [-0.15, -0.1) is 0 Å². The summed E-state index contributed by atoms with van der Waals surface area (Å²) in [6.45, 7) is 1.94. The zero-order chi connectivity index (χ0) is 11.7. The molecule has 0 aromatic heterocycles. The molecule has 2 aliphatic heterocycles. The molecule has 1 amide bonds.